The van der Waals surface area contributed by atoms with Gasteiger partial charge in [-0.3, -0.25) is 0 Å². The van der Waals surface area contributed by atoms with Crippen LogP contribution in [0.15, 0.2) is 206 Å². The van der Waals surface area contributed by atoms with E-state index in [9.17, 15) is 17.1 Å². The zero-order valence-corrected chi connectivity index (χ0v) is 39.2. The molecule has 12 aromatic rings. The molecule has 12 rings (SSSR count). The predicted molar refractivity (Wildman–Crippen MR) is 297 cm³/mol. The van der Waals surface area contributed by atoms with Crippen molar-refractivity contribution in [1.29, 1.82) is 10.5 Å². The van der Waals surface area contributed by atoms with Gasteiger partial charge in [-0.2, -0.15) is 10.5 Å². The van der Waals surface area contributed by atoms with Gasteiger partial charge in [-0.15, -0.1) is 0 Å². The molecule has 338 valence electrons. The quantitative estimate of drug-likeness (QED) is 0.149. The highest BCUT2D eigenvalue weighted by molar-refractivity contribution is 6.15. The Morgan fingerprint density at radius 2 is 0.703 bits per heavy atom. The Bertz CT molecular complexity index is 4340. The van der Waals surface area contributed by atoms with Crippen LogP contribution in [0.3, 0.4) is 0 Å². The van der Waals surface area contributed by atoms with Gasteiger partial charge in [-0.05, 0) is 134 Å². The van der Waals surface area contributed by atoms with Crippen LogP contribution in [0.2, 0.25) is 0 Å². The molecule has 74 heavy (non-hydrogen) atoms. The van der Waals surface area contributed by atoms with Crippen LogP contribution in [0, 0.1) is 49.0 Å². The average Bonchev–Trinajstić information content (AvgIpc) is 3.98. The molecule has 0 spiro atoms. The average molecular weight is 939 g/mol. The zero-order chi connectivity index (χ0) is 50.5. The summed E-state index contributed by atoms with van der Waals surface area (Å²) in [4.78, 5) is 15.3. The monoisotopic (exact) mass is 938 g/mol. The largest absolute Gasteiger partial charge is 0.319 e. The summed E-state index contributed by atoms with van der Waals surface area (Å²) in [5, 5.41) is 23.6. The first kappa shape index (κ1) is 44.0. The van der Waals surface area contributed by atoms with E-state index < -0.39 is 0 Å². The summed E-state index contributed by atoms with van der Waals surface area (Å²) in [5.74, 6) is 0. The third-order valence-corrected chi connectivity index (χ3v) is 13.9. The SMILES string of the molecule is [C-]#[N+]c1ccc(-c2ccc3c(c2)c2cc(-c4ccc(C#N)cc4)ccc2n3-c2ccc(-c3cccc(C#N)c3)c(-n3c4ccc(-c5ccc([N+]#[C-])cc5)cc4c4cc(-c5ccc([N+]#[C-])cc5)ccc43)c2[N+]#[C-])cc1. The van der Waals surface area contributed by atoms with E-state index in [0.29, 0.717) is 45.3 Å². The molecule has 0 saturated carbocycles. The maximum Gasteiger partial charge on any atom is 0.234 e. The normalized spacial score (nSPS) is 10.9. The molecule has 0 N–H and O–H groups in total. The van der Waals surface area contributed by atoms with Crippen LogP contribution in [0.1, 0.15) is 11.1 Å². The van der Waals surface area contributed by atoms with E-state index in [-0.39, 0.29) is 0 Å². The van der Waals surface area contributed by atoms with Gasteiger partial charge in [0.05, 0.1) is 83.0 Å². The Hall–Kier alpha value is -11.3. The Labute approximate surface area is 426 Å². The summed E-state index contributed by atoms with van der Waals surface area (Å²) in [7, 11) is 0. The molecule has 2 heterocycles. The molecule has 10 aromatic carbocycles. The van der Waals surface area contributed by atoms with Gasteiger partial charge >= 0.3 is 0 Å². The van der Waals surface area contributed by atoms with E-state index in [4.69, 9.17) is 19.7 Å². The third kappa shape index (κ3) is 7.35. The van der Waals surface area contributed by atoms with E-state index in [1.54, 1.807) is 6.07 Å². The molecule has 8 nitrogen and oxygen atoms in total. The Kier molecular flexibility index (Phi) is 10.7. The minimum Gasteiger partial charge on any atom is -0.319 e. The second kappa shape index (κ2) is 17.9. The lowest BCUT2D eigenvalue weighted by Crippen LogP contribution is -2.02. The summed E-state index contributed by atoms with van der Waals surface area (Å²) in [6.07, 6.45) is 0. The van der Waals surface area contributed by atoms with Crippen molar-refractivity contribution in [3.8, 4) is 79.1 Å². The van der Waals surface area contributed by atoms with Crippen LogP contribution in [-0.2, 0) is 0 Å². The van der Waals surface area contributed by atoms with Gasteiger partial charge in [0.15, 0.2) is 17.1 Å². The standard InChI is InChI=1S/C66H34N8/c1-69-52-22-12-44(13-23-52)48-19-30-61-57(36-48)56-35-47(43-10-8-41(39-67)9-11-43)18-29-60(56)73(61)64-33-28-55(51-7-5-6-42(34-51)40-68)66(65(64)72-4)74-62-31-20-49(45-14-24-53(70-2)25-15-45)37-58(62)59-38-50(21-32-63(59)74)46-16-26-54(71-3)27-17-46/h5-38H. The van der Waals surface area contributed by atoms with Crippen LogP contribution >= 0.6 is 0 Å². The number of hydrogen-bond acceptors (Lipinski definition) is 2. The number of fused-ring (bicyclic) bond motifs is 6. The summed E-state index contributed by atoms with van der Waals surface area (Å²) in [6, 6.07) is 71.9. The maximum atomic E-state index is 10.2. The second-order valence-electron chi connectivity index (χ2n) is 17.9. The Balaban J connectivity index is 1.16. The first-order valence-corrected chi connectivity index (χ1v) is 23.5. The first-order valence-electron chi connectivity index (χ1n) is 23.5. The molecule has 2 aromatic heterocycles. The van der Waals surface area contributed by atoms with Crippen LogP contribution in [0.4, 0.5) is 22.7 Å². The molecule has 0 bridgehead atoms. The summed E-state index contributed by atoms with van der Waals surface area (Å²) in [5.41, 5.74) is 17.2. The molecule has 0 radical (unpaired) electrons. The third-order valence-electron chi connectivity index (χ3n) is 13.9. The number of hydrogen-bond donors (Lipinski definition) is 0. The molecule has 0 atom stereocenters. The van der Waals surface area contributed by atoms with E-state index in [0.717, 1.165) is 99.2 Å². The smallest absolute Gasteiger partial charge is 0.234 e. The Morgan fingerprint density at radius 1 is 0.324 bits per heavy atom. The summed E-state index contributed by atoms with van der Waals surface area (Å²) in [6.45, 7) is 31.9. The summed E-state index contributed by atoms with van der Waals surface area (Å²) < 4.78 is 4.37. The molecule has 0 fully saturated rings. The van der Waals surface area contributed by atoms with E-state index in [1.165, 1.54) is 0 Å². The molecular weight excluding hydrogens is 905 g/mol. The van der Waals surface area contributed by atoms with Crippen LogP contribution in [-0.4, -0.2) is 9.13 Å². The van der Waals surface area contributed by atoms with Gasteiger partial charge in [-0.1, -0.05) is 127 Å². The zero-order valence-electron chi connectivity index (χ0n) is 39.2. The molecule has 0 amide bonds. The molecule has 8 heteroatoms. The lowest BCUT2D eigenvalue weighted by atomic mass is 9.99. The van der Waals surface area contributed by atoms with E-state index >= 15 is 0 Å². The molecular formula is C66H34N8. The van der Waals surface area contributed by atoms with Gasteiger partial charge in [0.1, 0.15) is 0 Å². The van der Waals surface area contributed by atoms with E-state index in [2.05, 4.69) is 120 Å². The Morgan fingerprint density at radius 3 is 1.08 bits per heavy atom. The van der Waals surface area contributed by atoms with Crippen molar-refractivity contribution in [3.05, 3.63) is 263 Å². The highest BCUT2D eigenvalue weighted by Crippen LogP contribution is 2.48. The summed E-state index contributed by atoms with van der Waals surface area (Å²) >= 11 is 0. The van der Waals surface area contributed by atoms with Crippen molar-refractivity contribution >= 4 is 66.4 Å². The molecule has 0 unspecified atom stereocenters. The van der Waals surface area contributed by atoms with Crippen molar-refractivity contribution in [3.63, 3.8) is 0 Å². The fraction of sp³-hybridized carbons (Fsp3) is 0. The van der Waals surface area contributed by atoms with Gasteiger partial charge < -0.3 is 9.13 Å². The minimum absolute atomic E-state index is 0.398. The van der Waals surface area contributed by atoms with Crippen molar-refractivity contribution in [1.82, 2.24) is 9.13 Å². The second-order valence-corrected chi connectivity index (χ2v) is 17.9. The molecule has 0 aliphatic heterocycles. The number of benzene rings is 10. The van der Waals surface area contributed by atoms with Gasteiger partial charge in [-0.25, -0.2) is 19.4 Å². The fourth-order valence-corrected chi connectivity index (χ4v) is 10.3. The number of nitriles is 2. The van der Waals surface area contributed by atoms with Crippen molar-refractivity contribution in [2.24, 2.45) is 0 Å². The molecule has 0 aliphatic carbocycles. The van der Waals surface area contributed by atoms with Crippen molar-refractivity contribution in [2.45, 2.75) is 0 Å². The minimum atomic E-state index is 0.398. The van der Waals surface area contributed by atoms with Gasteiger partial charge in [0.25, 0.3) is 0 Å². The topological polar surface area (TPSA) is 74.9 Å². The van der Waals surface area contributed by atoms with Crippen molar-refractivity contribution < 1.29 is 0 Å². The van der Waals surface area contributed by atoms with Crippen LogP contribution in [0.5, 0.6) is 0 Å². The molecule has 0 aliphatic rings. The fourth-order valence-electron chi connectivity index (χ4n) is 10.3. The van der Waals surface area contributed by atoms with Gasteiger partial charge in [0, 0.05) is 21.5 Å². The lowest BCUT2D eigenvalue weighted by molar-refractivity contribution is 1.15. The maximum absolute atomic E-state index is 10.2. The van der Waals surface area contributed by atoms with Crippen molar-refractivity contribution in [2.75, 3.05) is 0 Å². The van der Waals surface area contributed by atoms with E-state index in [1.807, 2.05) is 121 Å². The van der Waals surface area contributed by atoms with Gasteiger partial charge in [0.2, 0.25) is 5.69 Å². The highest BCUT2D eigenvalue weighted by atomic mass is 15.1. The predicted octanol–water partition coefficient (Wildman–Crippen LogP) is 18.2. The van der Waals surface area contributed by atoms with Crippen LogP contribution in [0.25, 0.3) is 130 Å². The highest BCUT2D eigenvalue weighted by Gasteiger charge is 2.26. The molecule has 0 saturated heterocycles. The lowest BCUT2D eigenvalue weighted by Gasteiger charge is -2.20. The number of nitrogens with zero attached hydrogens (tertiary/aromatic N) is 8. The van der Waals surface area contributed by atoms with Crippen LogP contribution < -0.4 is 0 Å². The first-order chi connectivity index (χ1) is 36.4. The number of aromatic nitrogens is 2. The number of rotatable bonds is 7.